The molecule has 1 fully saturated rings. The van der Waals surface area contributed by atoms with E-state index in [0.717, 1.165) is 5.00 Å². The van der Waals surface area contributed by atoms with E-state index in [4.69, 9.17) is 11.6 Å². The first-order valence-corrected chi connectivity index (χ1v) is 8.63. The van der Waals surface area contributed by atoms with E-state index < -0.39 is 12.2 Å². The second-order valence-corrected chi connectivity index (χ2v) is 7.60. The third kappa shape index (κ3) is 3.24. The molecule has 5 nitrogen and oxygen atoms in total. The van der Waals surface area contributed by atoms with Gasteiger partial charge in [0.15, 0.2) is 4.80 Å². The minimum absolute atomic E-state index is 0.0887. The minimum atomic E-state index is -0.973. The molecule has 9 heteroatoms. The van der Waals surface area contributed by atoms with Crippen LogP contribution in [0.15, 0.2) is 23.3 Å². The number of thiazole rings is 1. The van der Waals surface area contributed by atoms with Gasteiger partial charge in [-0.05, 0) is 18.6 Å². The molecule has 3 rings (SSSR count). The predicted molar refractivity (Wildman–Crippen MR) is 84.5 cm³/mol. The standard InChI is InChI=1S/C13H13ClFN3O2S2/c14-10-1-2-11(22-10)18-6-9(7-19)21-13(18)16-12(20)17-4-3-8(15)5-17/h1-2,6,8,19H,3-5,7H2/b16-13-. The average Bonchev–Trinajstić information content (AvgIpc) is 3.18. The number of halogens is 2. The quantitative estimate of drug-likeness (QED) is 0.894. The average molecular weight is 362 g/mol. The number of rotatable bonds is 2. The molecule has 2 amide bonds. The van der Waals surface area contributed by atoms with Crippen LogP contribution in [0.3, 0.4) is 0 Å². The molecule has 1 unspecified atom stereocenters. The van der Waals surface area contributed by atoms with Crippen LogP contribution in [0.4, 0.5) is 9.18 Å². The van der Waals surface area contributed by atoms with Crippen LogP contribution in [0.2, 0.25) is 4.34 Å². The highest BCUT2D eigenvalue weighted by atomic mass is 35.5. The van der Waals surface area contributed by atoms with E-state index in [2.05, 4.69) is 4.99 Å². The second kappa shape index (κ2) is 6.49. The summed E-state index contributed by atoms with van der Waals surface area (Å²) in [6.07, 6.45) is 1.10. The van der Waals surface area contributed by atoms with E-state index >= 15 is 0 Å². The molecule has 1 N–H and O–H groups in total. The Kier molecular flexibility index (Phi) is 4.62. The number of aromatic nitrogens is 1. The number of alkyl halides is 1. The van der Waals surface area contributed by atoms with Crippen LogP contribution in [0.1, 0.15) is 11.3 Å². The highest BCUT2D eigenvalue weighted by molar-refractivity contribution is 7.18. The summed E-state index contributed by atoms with van der Waals surface area (Å²) < 4.78 is 15.5. The van der Waals surface area contributed by atoms with Gasteiger partial charge in [0.1, 0.15) is 11.2 Å². The number of aliphatic hydroxyl groups excluding tert-OH is 1. The second-order valence-electron chi connectivity index (χ2n) is 4.81. The maximum absolute atomic E-state index is 13.2. The van der Waals surface area contributed by atoms with Gasteiger partial charge < -0.3 is 10.0 Å². The van der Waals surface area contributed by atoms with Crippen molar-refractivity contribution in [3.63, 3.8) is 0 Å². The lowest BCUT2D eigenvalue weighted by Crippen LogP contribution is -2.28. The van der Waals surface area contributed by atoms with Gasteiger partial charge in [-0.2, -0.15) is 4.99 Å². The van der Waals surface area contributed by atoms with E-state index in [-0.39, 0.29) is 13.2 Å². The minimum Gasteiger partial charge on any atom is -0.391 e. The van der Waals surface area contributed by atoms with Crippen LogP contribution in [0.25, 0.3) is 5.00 Å². The lowest BCUT2D eigenvalue weighted by Gasteiger charge is -2.10. The zero-order chi connectivity index (χ0) is 15.7. The van der Waals surface area contributed by atoms with Gasteiger partial charge in [-0.25, -0.2) is 9.18 Å². The molecule has 1 aliphatic rings. The molecule has 0 aliphatic carbocycles. The highest BCUT2D eigenvalue weighted by Crippen LogP contribution is 2.25. The summed E-state index contributed by atoms with van der Waals surface area (Å²) in [6, 6.07) is 3.12. The van der Waals surface area contributed by atoms with Crippen molar-refractivity contribution < 1.29 is 14.3 Å². The van der Waals surface area contributed by atoms with Crippen molar-refractivity contribution in [2.75, 3.05) is 13.1 Å². The van der Waals surface area contributed by atoms with Gasteiger partial charge in [-0.15, -0.1) is 11.3 Å². The predicted octanol–water partition coefficient (Wildman–Crippen LogP) is 2.81. The van der Waals surface area contributed by atoms with Crippen LogP contribution in [0.5, 0.6) is 0 Å². The number of nitrogens with zero attached hydrogens (tertiary/aromatic N) is 3. The molecule has 1 saturated heterocycles. The third-order valence-electron chi connectivity index (χ3n) is 3.25. The summed E-state index contributed by atoms with van der Waals surface area (Å²) in [5.74, 6) is 0. The molecule has 1 aliphatic heterocycles. The smallest absolute Gasteiger partial charge is 0.346 e. The number of urea groups is 1. The molecule has 0 spiro atoms. The van der Waals surface area contributed by atoms with Crippen molar-refractivity contribution in [3.05, 3.63) is 32.3 Å². The SMILES string of the molecule is O=C(/N=c1\sc(CO)cn1-c1ccc(Cl)s1)N1CCC(F)C1. The molecule has 22 heavy (non-hydrogen) atoms. The summed E-state index contributed by atoms with van der Waals surface area (Å²) in [5, 5.41) is 10.1. The van der Waals surface area contributed by atoms with Crippen molar-refractivity contribution in [3.8, 4) is 5.00 Å². The molecule has 0 bridgehead atoms. The van der Waals surface area contributed by atoms with Gasteiger partial charge in [0.05, 0.1) is 22.4 Å². The zero-order valence-electron chi connectivity index (χ0n) is 11.4. The number of thiophene rings is 1. The Labute approximate surface area is 138 Å². The maximum Gasteiger partial charge on any atom is 0.346 e. The Morgan fingerprint density at radius 2 is 2.32 bits per heavy atom. The van der Waals surface area contributed by atoms with Crippen molar-refractivity contribution in [2.45, 2.75) is 19.2 Å². The zero-order valence-corrected chi connectivity index (χ0v) is 13.8. The molecule has 0 radical (unpaired) electrons. The fraction of sp³-hybridized carbons (Fsp3) is 0.385. The first-order chi connectivity index (χ1) is 10.6. The number of amides is 2. The van der Waals surface area contributed by atoms with Gasteiger partial charge in [0.25, 0.3) is 0 Å². The number of aliphatic hydroxyl groups is 1. The fourth-order valence-corrected chi connectivity index (χ4v) is 4.08. The molecule has 0 saturated carbocycles. The Balaban J connectivity index is 1.97. The molecule has 3 heterocycles. The van der Waals surface area contributed by atoms with Crippen LogP contribution >= 0.6 is 34.3 Å². The summed E-state index contributed by atoms with van der Waals surface area (Å²) in [6.45, 7) is 0.335. The first kappa shape index (κ1) is 15.7. The van der Waals surface area contributed by atoms with Gasteiger partial charge in [0.2, 0.25) is 0 Å². The van der Waals surface area contributed by atoms with Crippen molar-refractivity contribution in [1.29, 1.82) is 0 Å². The first-order valence-electron chi connectivity index (χ1n) is 6.62. The number of carbonyl (C=O) groups is 1. The van der Waals surface area contributed by atoms with E-state index in [1.165, 1.54) is 27.6 Å². The van der Waals surface area contributed by atoms with Gasteiger partial charge in [-0.3, -0.25) is 4.57 Å². The summed E-state index contributed by atoms with van der Waals surface area (Å²) in [4.78, 5) is 18.7. The normalized spacial score (nSPS) is 19.1. The van der Waals surface area contributed by atoms with E-state index in [1.807, 2.05) is 6.07 Å². The van der Waals surface area contributed by atoms with Gasteiger partial charge >= 0.3 is 6.03 Å². The number of hydrogen-bond acceptors (Lipinski definition) is 4. The number of likely N-dealkylation sites (tertiary alicyclic amines) is 1. The topological polar surface area (TPSA) is 57.8 Å². The van der Waals surface area contributed by atoms with Crippen LogP contribution < -0.4 is 4.80 Å². The monoisotopic (exact) mass is 361 g/mol. The molecular weight excluding hydrogens is 349 g/mol. The molecule has 1 atom stereocenters. The number of carbonyl (C=O) groups excluding carboxylic acids is 1. The third-order valence-corrected chi connectivity index (χ3v) is 5.44. The van der Waals surface area contributed by atoms with E-state index in [1.54, 1.807) is 16.8 Å². The summed E-state index contributed by atoms with van der Waals surface area (Å²) >= 11 is 8.51. The Bertz CT molecular complexity index is 755. The summed E-state index contributed by atoms with van der Waals surface area (Å²) in [5.41, 5.74) is 0. The van der Waals surface area contributed by atoms with E-state index in [9.17, 15) is 14.3 Å². The maximum atomic E-state index is 13.2. The van der Waals surface area contributed by atoms with Crippen LogP contribution in [0, 0.1) is 0 Å². The van der Waals surface area contributed by atoms with Gasteiger partial charge in [-0.1, -0.05) is 22.9 Å². The van der Waals surface area contributed by atoms with Gasteiger partial charge in [0, 0.05) is 12.7 Å². The largest absolute Gasteiger partial charge is 0.391 e. The molecule has 0 aromatic carbocycles. The van der Waals surface area contributed by atoms with Crippen LogP contribution in [-0.4, -0.2) is 39.9 Å². The lowest BCUT2D eigenvalue weighted by molar-refractivity contribution is 0.213. The molecular formula is C13H13ClFN3O2S2. The summed E-state index contributed by atoms with van der Waals surface area (Å²) in [7, 11) is 0. The van der Waals surface area contributed by atoms with Crippen LogP contribution in [-0.2, 0) is 6.61 Å². The fourth-order valence-electron chi connectivity index (χ4n) is 2.18. The highest BCUT2D eigenvalue weighted by Gasteiger charge is 2.25. The Morgan fingerprint density at radius 1 is 1.50 bits per heavy atom. The molecule has 118 valence electrons. The van der Waals surface area contributed by atoms with Crippen molar-refractivity contribution in [2.24, 2.45) is 4.99 Å². The Morgan fingerprint density at radius 3 is 2.91 bits per heavy atom. The molecule has 2 aromatic heterocycles. The Hall–Kier alpha value is -1.22. The van der Waals surface area contributed by atoms with E-state index in [0.29, 0.717) is 27.0 Å². The lowest BCUT2D eigenvalue weighted by atomic mass is 10.3. The number of hydrogen-bond donors (Lipinski definition) is 1. The molecule has 2 aromatic rings. The van der Waals surface area contributed by atoms with Crippen molar-refractivity contribution in [1.82, 2.24) is 9.47 Å². The van der Waals surface area contributed by atoms with Crippen molar-refractivity contribution >= 4 is 40.3 Å².